The molecule has 0 saturated carbocycles. The lowest BCUT2D eigenvalue weighted by Crippen LogP contribution is -2.49. The molecular formula is C21H23NO5. The molecule has 0 saturated heterocycles. The molecule has 4 rings (SSSR count). The number of para-hydroxylation sites is 2. The first-order valence-corrected chi connectivity index (χ1v) is 9.24. The second-order valence-electron chi connectivity index (χ2n) is 6.80. The lowest BCUT2D eigenvalue weighted by Gasteiger charge is -2.31. The van der Waals surface area contributed by atoms with Gasteiger partial charge in [0.15, 0.2) is 23.0 Å². The van der Waals surface area contributed by atoms with Crippen molar-refractivity contribution in [3.05, 3.63) is 48.0 Å². The first-order chi connectivity index (χ1) is 13.1. The minimum absolute atomic E-state index is 0.206. The summed E-state index contributed by atoms with van der Waals surface area (Å²) in [5.41, 5.74) is 0.942. The molecule has 2 aliphatic rings. The summed E-state index contributed by atoms with van der Waals surface area (Å²) in [6, 6.07) is 12.9. The molecule has 3 unspecified atom stereocenters. The van der Waals surface area contributed by atoms with Gasteiger partial charge < -0.3 is 24.3 Å². The van der Waals surface area contributed by atoms with Crippen LogP contribution in [0.3, 0.4) is 0 Å². The third kappa shape index (κ3) is 3.65. The van der Waals surface area contributed by atoms with Crippen molar-refractivity contribution in [3.8, 4) is 23.0 Å². The second kappa shape index (κ2) is 7.39. The zero-order chi connectivity index (χ0) is 18.8. The lowest BCUT2D eigenvalue weighted by atomic mass is 10.1. The van der Waals surface area contributed by atoms with Crippen LogP contribution in [0.2, 0.25) is 0 Å². The van der Waals surface area contributed by atoms with Crippen LogP contribution in [0.15, 0.2) is 42.5 Å². The van der Waals surface area contributed by atoms with Gasteiger partial charge in [0.25, 0.3) is 5.91 Å². The molecule has 3 atom stereocenters. The molecule has 6 heteroatoms. The lowest BCUT2D eigenvalue weighted by molar-refractivity contribution is -0.134. The van der Waals surface area contributed by atoms with E-state index in [9.17, 15) is 4.79 Å². The zero-order valence-electron chi connectivity index (χ0n) is 15.4. The Labute approximate surface area is 158 Å². The Balaban J connectivity index is 1.46. The van der Waals surface area contributed by atoms with Crippen LogP contribution in [0, 0.1) is 0 Å². The van der Waals surface area contributed by atoms with Crippen LogP contribution in [0.25, 0.3) is 0 Å². The van der Waals surface area contributed by atoms with Crippen molar-refractivity contribution < 1.29 is 23.7 Å². The number of amides is 1. The first-order valence-electron chi connectivity index (χ1n) is 9.24. The van der Waals surface area contributed by atoms with E-state index in [4.69, 9.17) is 18.9 Å². The van der Waals surface area contributed by atoms with Crippen LogP contribution in [-0.2, 0) is 4.79 Å². The number of carbonyl (C=O) groups is 1. The van der Waals surface area contributed by atoms with Gasteiger partial charge in [-0.15, -0.1) is 0 Å². The third-order valence-corrected chi connectivity index (χ3v) is 4.73. The molecule has 0 aliphatic carbocycles. The van der Waals surface area contributed by atoms with Crippen LogP contribution < -0.4 is 24.3 Å². The number of benzene rings is 2. The summed E-state index contributed by atoms with van der Waals surface area (Å²) in [5, 5.41) is 3.01. The van der Waals surface area contributed by atoms with E-state index in [1.807, 2.05) is 50.2 Å². The molecule has 0 aromatic heterocycles. The summed E-state index contributed by atoms with van der Waals surface area (Å²) in [5.74, 6) is 2.48. The second-order valence-corrected chi connectivity index (χ2v) is 6.80. The van der Waals surface area contributed by atoms with Crippen molar-refractivity contribution in [1.29, 1.82) is 0 Å². The maximum absolute atomic E-state index is 12.8. The van der Waals surface area contributed by atoms with Gasteiger partial charge in [-0.25, -0.2) is 0 Å². The molecule has 2 aromatic carbocycles. The summed E-state index contributed by atoms with van der Waals surface area (Å²) < 4.78 is 23.1. The Kier molecular flexibility index (Phi) is 4.79. The summed E-state index contributed by atoms with van der Waals surface area (Å²) in [6.07, 6.45) is -0.229. The zero-order valence-corrected chi connectivity index (χ0v) is 15.4. The summed E-state index contributed by atoms with van der Waals surface area (Å²) >= 11 is 0. The predicted molar refractivity (Wildman–Crippen MR) is 99.6 cm³/mol. The van der Waals surface area contributed by atoms with Crippen LogP contribution in [0.1, 0.15) is 31.9 Å². The van der Waals surface area contributed by atoms with Gasteiger partial charge in [0.1, 0.15) is 6.10 Å². The highest BCUT2D eigenvalue weighted by Crippen LogP contribution is 2.34. The Bertz CT molecular complexity index is 837. The van der Waals surface area contributed by atoms with Gasteiger partial charge in [-0.1, -0.05) is 18.2 Å². The number of rotatable bonds is 3. The SMILES string of the molecule is CC(NC(=O)C1Oc2ccccc2OC1C)c1ccc2c(c1)OCCCO2. The van der Waals surface area contributed by atoms with E-state index < -0.39 is 6.10 Å². The topological polar surface area (TPSA) is 66.0 Å². The predicted octanol–water partition coefficient (Wildman–Crippen LogP) is 3.25. The van der Waals surface area contributed by atoms with Crippen LogP contribution in [0.5, 0.6) is 23.0 Å². The Morgan fingerprint density at radius 3 is 2.48 bits per heavy atom. The molecule has 2 heterocycles. The van der Waals surface area contributed by atoms with Crippen molar-refractivity contribution in [1.82, 2.24) is 5.32 Å². The Hall–Kier alpha value is -2.89. The molecule has 142 valence electrons. The van der Waals surface area contributed by atoms with E-state index in [2.05, 4.69) is 5.32 Å². The van der Waals surface area contributed by atoms with Crippen molar-refractivity contribution in [2.24, 2.45) is 0 Å². The average molecular weight is 369 g/mol. The van der Waals surface area contributed by atoms with Gasteiger partial charge in [0.05, 0.1) is 19.3 Å². The fourth-order valence-electron chi connectivity index (χ4n) is 3.23. The maximum atomic E-state index is 12.8. The molecule has 2 aliphatic heterocycles. The number of hydrogen-bond donors (Lipinski definition) is 1. The normalized spacial score (nSPS) is 21.7. The van der Waals surface area contributed by atoms with Crippen molar-refractivity contribution in [2.75, 3.05) is 13.2 Å². The Morgan fingerprint density at radius 2 is 1.70 bits per heavy atom. The molecule has 0 spiro atoms. The first kappa shape index (κ1) is 17.5. The van der Waals surface area contributed by atoms with Gasteiger partial charge >= 0.3 is 0 Å². The van der Waals surface area contributed by atoms with Crippen LogP contribution in [0.4, 0.5) is 0 Å². The molecule has 0 radical (unpaired) electrons. The molecule has 1 amide bonds. The van der Waals surface area contributed by atoms with Crippen LogP contribution in [-0.4, -0.2) is 31.3 Å². The average Bonchev–Trinajstić information content (AvgIpc) is 2.92. The minimum atomic E-state index is -0.706. The molecule has 2 aromatic rings. The molecule has 6 nitrogen and oxygen atoms in total. The molecular weight excluding hydrogens is 346 g/mol. The highest BCUT2D eigenvalue weighted by atomic mass is 16.6. The van der Waals surface area contributed by atoms with E-state index >= 15 is 0 Å². The van der Waals surface area contributed by atoms with Gasteiger partial charge in [0.2, 0.25) is 6.10 Å². The number of ether oxygens (including phenoxy) is 4. The van der Waals surface area contributed by atoms with Gasteiger partial charge in [0, 0.05) is 6.42 Å². The summed E-state index contributed by atoms with van der Waals surface area (Å²) in [6.45, 7) is 5.04. The van der Waals surface area contributed by atoms with E-state index in [1.54, 1.807) is 6.07 Å². The smallest absolute Gasteiger partial charge is 0.265 e. The van der Waals surface area contributed by atoms with Crippen LogP contribution >= 0.6 is 0 Å². The third-order valence-electron chi connectivity index (χ3n) is 4.73. The standard InChI is InChI=1S/C21H23NO5/c1-13(15-8-9-16-19(12-15)25-11-5-10-24-16)22-21(23)20-14(2)26-17-6-3-4-7-18(17)27-20/h3-4,6-9,12-14,20H,5,10-11H2,1-2H3,(H,22,23). The number of carbonyl (C=O) groups excluding carboxylic acids is 1. The van der Waals surface area contributed by atoms with Gasteiger partial charge in [-0.2, -0.15) is 0 Å². The maximum Gasteiger partial charge on any atom is 0.265 e. The number of fused-ring (bicyclic) bond motifs is 2. The Morgan fingerprint density at radius 1 is 1.00 bits per heavy atom. The van der Waals surface area contributed by atoms with Crippen molar-refractivity contribution in [2.45, 2.75) is 38.5 Å². The molecule has 27 heavy (non-hydrogen) atoms. The number of hydrogen-bond acceptors (Lipinski definition) is 5. The molecule has 0 bridgehead atoms. The van der Waals surface area contributed by atoms with E-state index in [0.717, 1.165) is 17.7 Å². The fraction of sp³-hybridized carbons (Fsp3) is 0.381. The quantitative estimate of drug-likeness (QED) is 0.900. The highest BCUT2D eigenvalue weighted by molar-refractivity contribution is 5.82. The van der Waals surface area contributed by atoms with E-state index in [1.165, 1.54) is 0 Å². The van der Waals surface area contributed by atoms with Gasteiger partial charge in [-0.05, 0) is 43.7 Å². The van der Waals surface area contributed by atoms with Gasteiger partial charge in [-0.3, -0.25) is 4.79 Å². The summed E-state index contributed by atoms with van der Waals surface area (Å²) in [7, 11) is 0. The molecule has 1 N–H and O–H groups in total. The van der Waals surface area contributed by atoms with Crippen molar-refractivity contribution in [3.63, 3.8) is 0 Å². The highest BCUT2D eigenvalue weighted by Gasteiger charge is 2.34. The van der Waals surface area contributed by atoms with E-state index in [-0.39, 0.29) is 18.1 Å². The number of nitrogens with one attached hydrogen (secondary N) is 1. The van der Waals surface area contributed by atoms with E-state index in [0.29, 0.717) is 30.5 Å². The minimum Gasteiger partial charge on any atom is -0.490 e. The monoisotopic (exact) mass is 369 g/mol. The summed E-state index contributed by atoms with van der Waals surface area (Å²) in [4.78, 5) is 12.8. The largest absolute Gasteiger partial charge is 0.490 e. The van der Waals surface area contributed by atoms with Crippen molar-refractivity contribution >= 4 is 5.91 Å². The molecule has 0 fully saturated rings. The fourth-order valence-corrected chi connectivity index (χ4v) is 3.23.